The number of carbonyl (C=O) groups is 1. The number of thiophene rings is 1. The summed E-state index contributed by atoms with van der Waals surface area (Å²) in [7, 11) is 0. The second-order valence-corrected chi connectivity index (χ2v) is 7.44. The van der Waals surface area contributed by atoms with Gasteiger partial charge in [0.1, 0.15) is 4.70 Å². The number of fused-ring (bicyclic) bond motifs is 1. The molecule has 0 saturated carbocycles. The van der Waals surface area contributed by atoms with E-state index in [4.69, 9.17) is 4.42 Å². The molecule has 0 radical (unpaired) electrons. The minimum atomic E-state index is -0.101. The van der Waals surface area contributed by atoms with Crippen LogP contribution in [0.15, 0.2) is 44.9 Å². The van der Waals surface area contributed by atoms with Crippen LogP contribution in [0.4, 0.5) is 11.6 Å². The molecule has 1 aromatic carbocycles. The summed E-state index contributed by atoms with van der Waals surface area (Å²) >= 11 is 1.41. The summed E-state index contributed by atoms with van der Waals surface area (Å²) in [5.41, 5.74) is 3.28. The van der Waals surface area contributed by atoms with Gasteiger partial charge in [-0.15, -0.1) is 11.3 Å². The lowest BCUT2D eigenvalue weighted by Gasteiger charge is -2.26. The Hall–Kier alpha value is -2.60. The van der Waals surface area contributed by atoms with E-state index in [0.717, 1.165) is 42.7 Å². The van der Waals surface area contributed by atoms with Crippen LogP contribution in [0.25, 0.3) is 21.4 Å². The van der Waals surface area contributed by atoms with E-state index < -0.39 is 0 Å². The number of amides is 1. The van der Waals surface area contributed by atoms with Gasteiger partial charge >= 0.3 is 0 Å². The first kappa shape index (κ1) is 16.8. The molecule has 134 valence electrons. The van der Waals surface area contributed by atoms with Gasteiger partial charge in [-0.2, -0.15) is 0 Å². The van der Waals surface area contributed by atoms with Gasteiger partial charge < -0.3 is 14.6 Å². The fourth-order valence-corrected chi connectivity index (χ4v) is 4.25. The van der Waals surface area contributed by atoms with Crippen molar-refractivity contribution in [2.24, 2.45) is 0 Å². The van der Waals surface area contributed by atoms with E-state index in [0.29, 0.717) is 16.2 Å². The maximum atomic E-state index is 12.5. The number of nitrogens with zero attached hydrogens (tertiary/aromatic N) is 1. The van der Waals surface area contributed by atoms with Gasteiger partial charge in [-0.05, 0) is 37.0 Å². The Kier molecular flexibility index (Phi) is 4.51. The minimum absolute atomic E-state index is 0.0120. The summed E-state index contributed by atoms with van der Waals surface area (Å²) in [6.45, 7) is 3.34. The molecule has 3 aromatic rings. The van der Waals surface area contributed by atoms with Crippen molar-refractivity contribution in [2.75, 3.05) is 23.3 Å². The van der Waals surface area contributed by atoms with Crippen LogP contribution < -0.4 is 15.6 Å². The van der Waals surface area contributed by atoms with Crippen molar-refractivity contribution in [2.45, 2.75) is 26.2 Å². The van der Waals surface area contributed by atoms with E-state index in [9.17, 15) is 9.59 Å². The predicted molar refractivity (Wildman–Crippen MR) is 106 cm³/mol. The molecule has 0 atom stereocenters. The summed E-state index contributed by atoms with van der Waals surface area (Å²) in [5.74, 6) is 0.563. The van der Waals surface area contributed by atoms with Gasteiger partial charge in [-0.25, -0.2) is 0 Å². The zero-order valence-corrected chi connectivity index (χ0v) is 15.4. The maximum absolute atomic E-state index is 12.5. The van der Waals surface area contributed by atoms with E-state index >= 15 is 0 Å². The molecule has 1 fully saturated rings. The van der Waals surface area contributed by atoms with E-state index in [1.807, 2.05) is 29.6 Å². The van der Waals surface area contributed by atoms with Crippen LogP contribution in [-0.2, 0) is 4.79 Å². The fourth-order valence-electron chi connectivity index (χ4n) is 3.34. The van der Waals surface area contributed by atoms with Crippen molar-refractivity contribution in [3.8, 4) is 11.1 Å². The van der Waals surface area contributed by atoms with Crippen molar-refractivity contribution in [3.63, 3.8) is 0 Å². The molecule has 6 heteroatoms. The van der Waals surface area contributed by atoms with Gasteiger partial charge in [0.05, 0.1) is 0 Å². The van der Waals surface area contributed by atoms with E-state index in [2.05, 4.69) is 10.2 Å². The summed E-state index contributed by atoms with van der Waals surface area (Å²) < 4.78 is 6.81. The Morgan fingerprint density at radius 3 is 2.58 bits per heavy atom. The first-order valence-electron chi connectivity index (χ1n) is 8.80. The summed E-state index contributed by atoms with van der Waals surface area (Å²) in [6, 6.07) is 9.19. The smallest absolute Gasteiger partial charge is 0.221 e. The molecule has 1 aliphatic rings. The highest BCUT2D eigenvalue weighted by atomic mass is 32.1. The minimum Gasteiger partial charge on any atom is -0.439 e. The number of hydrogen-bond acceptors (Lipinski definition) is 5. The lowest BCUT2D eigenvalue weighted by Crippen LogP contribution is -2.29. The lowest BCUT2D eigenvalue weighted by molar-refractivity contribution is -0.114. The lowest BCUT2D eigenvalue weighted by atomic mass is 10.1. The molecule has 1 aliphatic heterocycles. The van der Waals surface area contributed by atoms with Gasteiger partial charge in [0.25, 0.3) is 0 Å². The number of piperidine rings is 1. The molecule has 4 rings (SSSR count). The molecular weight excluding hydrogens is 348 g/mol. The average Bonchev–Trinajstić information content (AvgIpc) is 3.07. The van der Waals surface area contributed by atoms with Crippen molar-refractivity contribution in [1.82, 2.24) is 0 Å². The Morgan fingerprint density at radius 1 is 1.15 bits per heavy atom. The third-order valence-electron chi connectivity index (χ3n) is 4.61. The number of benzene rings is 1. The van der Waals surface area contributed by atoms with Crippen molar-refractivity contribution < 1.29 is 9.21 Å². The van der Waals surface area contributed by atoms with Crippen LogP contribution >= 0.6 is 11.3 Å². The SMILES string of the molecule is CC(=O)Nc1ccc(-c2csc3c(=O)cc(N4CCCCC4)oc23)cc1. The zero-order chi connectivity index (χ0) is 18.1. The van der Waals surface area contributed by atoms with Crippen LogP contribution in [0.5, 0.6) is 0 Å². The molecule has 0 unspecified atom stereocenters. The van der Waals surface area contributed by atoms with E-state index in [1.54, 1.807) is 6.07 Å². The number of carbonyl (C=O) groups excluding carboxylic acids is 1. The van der Waals surface area contributed by atoms with Crippen molar-refractivity contribution in [3.05, 3.63) is 45.9 Å². The van der Waals surface area contributed by atoms with E-state index in [1.165, 1.54) is 24.7 Å². The predicted octanol–water partition coefficient (Wildman–Crippen LogP) is 4.47. The van der Waals surface area contributed by atoms with Gasteiger partial charge in [0.15, 0.2) is 11.5 Å². The Labute approximate surface area is 155 Å². The highest BCUT2D eigenvalue weighted by Crippen LogP contribution is 2.35. The van der Waals surface area contributed by atoms with Gasteiger partial charge in [-0.3, -0.25) is 9.59 Å². The molecule has 0 aliphatic carbocycles. The zero-order valence-electron chi connectivity index (χ0n) is 14.6. The van der Waals surface area contributed by atoms with E-state index in [-0.39, 0.29) is 11.3 Å². The van der Waals surface area contributed by atoms with Crippen molar-refractivity contribution >= 4 is 39.1 Å². The molecule has 0 spiro atoms. The normalized spacial score (nSPS) is 14.6. The number of anilines is 2. The third-order valence-corrected chi connectivity index (χ3v) is 5.59. The van der Waals surface area contributed by atoms with Gasteiger partial charge in [-0.1, -0.05) is 12.1 Å². The Balaban J connectivity index is 1.74. The quantitative estimate of drug-likeness (QED) is 0.741. The number of nitrogens with one attached hydrogen (secondary N) is 1. The van der Waals surface area contributed by atoms with Crippen molar-refractivity contribution in [1.29, 1.82) is 0 Å². The molecule has 1 amide bonds. The largest absolute Gasteiger partial charge is 0.439 e. The van der Waals surface area contributed by atoms with Crippen LogP contribution in [-0.4, -0.2) is 19.0 Å². The molecular formula is C20H20N2O3S. The summed E-state index contributed by atoms with van der Waals surface area (Å²) in [6.07, 6.45) is 3.49. The second-order valence-electron chi connectivity index (χ2n) is 6.56. The first-order chi connectivity index (χ1) is 12.6. The maximum Gasteiger partial charge on any atom is 0.221 e. The molecule has 5 nitrogen and oxygen atoms in total. The molecule has 3 heterocycles. The summed E-state index contributed by atoms with van der Waals surface area (Å²) in [4.78, 5) is 25.9. The molecule has 2 aromatic heterocycles. The standard InChI is InChI=1S/C20H20N2O3S/c1-13(23)21-15-7-5-14(6-8-15)16-12-26-20-17(24)11-18(25-19(16)20)22-9-3-2-4-10-22/h5-8,11-12H,2-4,9-10H2,1H3,(H,21,23). The van der Waals surface area contributed by atoms with Gasteiger partial charge in [0.2, 0.25) is 11.3 Å². The Morgan fingerprint density at radius 2 is 1.88 bits per heavy atom. The molecule has 0 bridgehead atoms. The third kappa shape index (κ3) is 3.24. The summed E-state index contributed by atoms with van der Waals surface area (Å²) in [5, 5.41) is 4.72. The Bertz CT molecular complexity index is 998. The molecule has 1 saturated heterocycles. The highest BCUT2D eigenvalue weighted by molar-refractivity contribution is 7.17. The van der Waals surface area contributed by atoms with Crippen LogP contribution in [0.2, 0.25) is 0 Å². The van der Waals surface area contributed by atoms with Crippen LogP contribution in [0.3, 0.4) is 0 Å². The fraction of sp³-hybridized carbons (Fsp3) is 0.300. The number of hydrogen-bond donors (Lipinski definition) is 1. The second kappa shape index (κ2) is 6.96. The van der Waals surface area contributed by atoms with Crippen LogP contribution in [0, 0.1) is 0 Å². The first-order valence-corrected chi connectivity index (χ1v) is 9.68. The number of rotatable bonds is 3. The topological polar surface area (TPSA) is 62.6 Å². The molecule has 1 N–H and O–H groups in total. The average molecular weight is 368 g/mol. The molecule has 26 heavy (non-hydrogen) atoms. The van der Waals surface area contributed by atoms with Gasteiger partial charge in [0, 0.05) is 42.7 Å². The van der Waals surface area contributed by atoms with Crippen LogP contribution in [0.1, 0.15) is 26.2 Å². The highest BCUT2D eigenvalue weighted by Gasteiger charge is 2.18. The monoisotopic (exact) mass is 368 g/mol.